The van der Waals surface area contributed by atoms with E-state index in [0.29, 0.717) is 0 Å². The van der Waals surface area contributed by atoms with E-state index in [1.807, 2.05) is 60.7 Å². The van der Waals surface area contributed by atoms with Crippen LogP contribution in [-0.4, -0.2) is 17.2 Å². The Hall–Kier alpha value is -2.49. The molecule has 0 saturated carbocycles. The fourth-order valence-electron chi connectivity index (χ4n) is 1.96. The molecule has 2 unspecified atom stereocenters. The molecule has 2 aromatic carbocycles. The molecule has 2 rings (SSSR count). The molecule has 2 atom stereocenters. The number of nitro groups is 1. The lowest BCUT2D eigenvalue weighted by molar-refractivity contribution is -0.522. The van der Waals surface area contributed by atoms with Crippen LogP contribution in [0.1, 0.15) is 24.1 Å². The number of hydrogen-bond donors (Lipinski definition) is 0. The third kappa shape index (κ3) is 3.51. The smallest absolute Gasteiger partial charge is 0.236 e. The first-order chi connectivity index (χ1) is 9.68. The van der Waals surface area contributed by atoms with Crippen LogP contribution in [0.3, 0.4) is 0 Å². The average Bonchev–Trinajstić information content (AvgIpc) is 2.49. The second-order valence-electron chi connectivity index (χ2n) is 4.57. The molecule has 0 bridgehead atoms. The molecule has 0 fully saturated rings. The van der Waals surface area contributed by atoms with Crippen LogP contribution >= 0.6 is 0 Å². The van der Waals surface area contributed by atoms with Gasteiger partial charge in [0, 0.05) is 18.1 Å². The van der Waals surface area contributed by atoms with E-state index in [9.17, 15) is 10.1 Å². The van der Waals surface area contributed by atoms with Gasteiger partial charge in [-0.2, -0.15) is 0 Å². The Morgan fingerprint density at radius 2 is 1.60 bits per heavy atom. The van der Waals surface area contributed by atoms with E-state index >= 15 is 0 Å². The van der Waals surface area contributed by atoms with Crippen LogP contribution in [-0.2, 0) is 0 Å². The van der Waals surface area contributed by atoms with Gasteiger partial charge in [0.05, 0.1) is 0 Å². The van der Waals surface area contributed by atoms with Gasteiger partial charge < -0.3 is 0 Å². The summed E-state index contributed by atoms with van der Waals surface area (Å²) in [6.07, 6.45) is 1.69. The standard InChI is InChI=1S/C16H16N2O2/c1-13(18(19)20)16(15-10-6-3-7-11-15)17-12-14-8-4-2-5-9-14/h2-13,16H,1H3. The van der Waals surface area contributed by atoms with Crippen LogP contribution in [0.15, 0.2) is 65.7 Å². The minimum Gasteiger partial charge on any atom is -0.277 e. The van der Waals surface area contributed by atoms with Gasteiger partial charge in [-0.05, 0) is 11.1 Å². The summed E-state index contributed by atoms with van der Waals surface area (Å²) in [5, 5.41) is 11.1. The highest BCUT2D eigenvalue weighted by atomic mass is 16.6. The summed E-state index contributed by atoms with van der Waals surface area (Å²) in [5.74, 6) is 0. The van der Waals surface area contributed by atoms with Crippen LogP contribution < -0.4 is 0 Å². The molecular formula is C16H16N2O2. The predicted octanol–water partition coefficient (Wildman–Crippen LogP) is 3.51. The third-order valence-corrected chi connectivity index (χ3v) is 3.11. The van der Waals surface area contributed by atoms with E-state index in [1.165, 1.54) is 0 Å². The molecule has 0 aromatic heterocycles. The van der Waals surface area contributed by atoms with Crippen molar-refractivity contribution in [3.63, 3.8) is 0 Å². The minimum absolute atomic E-state index is 0.292. The summed E-state index contributed by atoms with van der Waals surface area (Å²) < 4.78 is 0. The fourth-order valence-corrected chi connectivity index (χ4v) is 1.96. The van der Waals surface area contributed by atoms with Crippen molar-refractivity contribution >= 4 is 6.21 Å². The van der Waals surface area contributed by atoms with Crippen molar-refractivity contribution in [2.75, 3.05) is 0 Å². The van der Waals surface area contributed by atoms with Crippen LogP contribution in [0, 0.1) is 10.1 Å². The maximum absolute atomic E-state index is 11.1. The van der Waals surface area contributed by atoms with E-state index in [2.05, 4.69) is 4.99 Å². The number of benzene rings is 2. The topological polar surface area (TPSA) is 55.5 Å². The molecule has 102 valence electrons. The van der Waals surface area contributed by atoms with Gasteiger partial charge in [0.1, 0.15) is 6.04 Å². The van der Waals surface area contributed by atoms with Crippen molar-refractivity contribution in [1.29, 1.82) is 0 Å². The molecule has 0 amide bonds. The van der Waals surface area contributed by atoms with Crippen LogP contribution in [0.25, 0.3) is 0 Å². The molecule has 4 heteroatoms. The highest BCUT2D eigenvalue weighted by molar-refractivity contribution is 5.79. The van der Waals surface area contributed by atoms with Crippen LogP contribution in [0.2, 0.25) is 0 Å². The van der Waals surface area contributed by atoms with Gasteiger partial charge in [-0.25, -0.2) is 0 Å². The summed E-state index contributed by atoms with van der Waals surface area (Å²) in [5.41, 5.74) is 1.79. The molecule has 0 heterocycles. The van der Waals surface area contributed by atoms with Gasteiger partial charge in [0.15, 0.2) is 0 Å². The van der Waals surface area contributed by atoms with Crippen molar-refractivity contribution in [2.24, 2.45) is 4.99 Å². The highest BCUT2D eigenvalue weighted by Gasteiger charge is 2.26. The Bertz CT molecular complexity index is 582. The highest BCUT2D eigenvalue weighted by Crippen LogP contribution is 2.22. The maximum Gasteiger partial charge on any atom is 0.236 e. The van der Waals surface area contributed by atoms with Crippen LogP contribution in [0.5, 0.6) is 0 Å². The molecule has 0 saturated heterocycles. The van der Waals surface area contributed by atoms with E-state index in [1.54, 1.807) is 13.1 Å². The van der Waals surface area contributed by atoms with Gasteiger partial charge in [0.2, 0.25) is 6.04 Å². The first-order valence-corrected chi connectivity index (χ1v) is 6.45. The van der Waals surface area contributed by atoms with Gasteiger partial charge in [-0.15, -0.1) is 0 Å². The number of rotatable bonds is 5. The number of aliphatic imine (C=N–C) groups is 1. The Morgan fingerprint density at radius 1 is 1.05 bits per heavy atom. The summed E-state index contributed by atoms with van der Waals surface area (Å²) >= 11 is 0. The Labute approximate surface area is 117 Å². The van der Waals surface area contributed by atoms with Crippen molar-refractivity contribution in [2.45, 2.75) is 19.0 Å². The Kier molecular flexibility index (Phi) is 4.60. The lowest BCUT2D eigenvalue weighted by Crippen LogP contribution is -2.23. The Morgan fingerprint density at radius 3 is 2.15 bits per heavy atom. The number of hydrogen-bond acceptors (Lipinski definition) is 3. The zero-order valence-electron chi connectivity index (χ0n) is 11.2. The molecule has 0 radical (unpaired) electrons. The monoisotopic (exact) mass is 268 g/mol. The summed E-state index contributed by atoms with van der Waals surface area (Å²) in [6.45, 7) is 1.58. The van der Waals surface area contributed by atoms with Crippen LogP contribution in [0.4, 0.5) is 0 Å². The van der Waals surface area contributed by atoms with E-state index < -0.39 is 12.1 Å². The first kappa shape index (κ1) is 13.9. The quantitative estimate of drug-likeness (QED) is 0.473. The normalized spacial score (nSPS) is 14.1. The maximum atomic E-state index is 11.1. The zero-order valence-corrected chi connectivity index (χ0v) is 11.2. The van der Waals surface area contributed by atoms with Gasteiger partial charge in [-0.3, -0.25) is 15.1 Å². The summed E-state index contributed by atoms with van der Waals surface area (Å²) in [6, 6.07) is 17.7. The van der Waals surface area contributed by atoms with E-state index in [0.717, 1.165) is 11.1 Å². The molecule has 4 nitrogen and oxygen atoms in total. The molecule has 0 spiro atoms. The first-order valence-electron chi connectivity index (χ1n) is 6.45. The van der Waals surface area contributed by atoms with E-state index in [4.69, 9.17) is 0 Å². The lowest BCUT2D eigenvalue weighted by atomic mass is 10.0. The SMILES string of the molecule is CC(C(N=Cc1ccccc1)c1ccccc1)[N+](=O)[O-]. The lowest BCUT2D eigenvalue weighted by Gasteiger charge is -2.14. The second kappa shape index (κ2) is 6.61. The fraction of sp³-hybridized carbons (Fsp3) is 0.188. The molecular weight excluding hydrogens is 252 g/mol. The predicted molar refractivity (Wildman–Crippen MR) is 79.7 cm³/mol. The Balaban J connectivity index is 2.28. The van der Waals surface area contributed by atoms with Crippen molar-refractivity contribution in [1.82, 2.24) is 0 Å². The summed E-state index contributed by atoms with van der Waals surface area (Å²) in [7, 11) is 0. The van der Waals surface area contributed by atoms with E-state index in [-0.39, 0.29) is 4.92 Å². The minimum atomic E-state index is -0.766. The third-order valence-electron chi connectivity index (χ3n) is 3.11. The van der Waals surface area contributed by atoms with Crippen molar-refractivity contribution < 1.29 is 4.92 Å². The molecule has 2 aromatic rings. The summed E-state index contributed by atoms with van der Waals surface area (Å²) in [4.78, 5) is 15.2. The zero-order chi connectivity index (χ0) is 14.4. The molecule has 20 heavy (non-hydrogen) atoms. The molecule has 0 N–H and O–H groups in total. The van der Waals surface area contributed by atoms with Gasteiger partial charge in [-0.1, -0.05) is 60.7 Å². The molecule has 0 aliphatic rings. The molecule has 0 aliphatic heterocycles. The van der Waals surface area contributed by atoms with Crippen molar-refractivity contribution in [3.8, 4) is 0 Å². The van der Waals surface area contributed by atoms with Crippen molar-refractivity contribution in [3.05, 3.63) is 81.9 Å². The van der Waals surface area contributed by atoms with Gasteiger partial charge >= 0.3 is 0 Å². The van der Waals surface area contributed by atoms with Gasteiger partial charge in [0.25, 0.3) is 0 Å². The average molecular weight is 268 g/mol. The molecule has 0 aliphatic carbocycles. The second-order valence-corrected chi connectivity index (χ2v) is 4.57. The largest absolute Gasteiger partial charge is 0.277 e. The number of nitrogens with zero attached hydrogens (tertiary/aromatic N) is 2.